The van der Waals surface area contributed by atoms with Crippen LogP contribution >= 0.6 is 11.3 Å². The van der Waals surface area contributed by atoms with Gasteiger partial charge in [0.2, 0.25) is 11.0 Å². The van der Waals surface area contributed by atoms with Crippen molar-refractivity contribution in [1.29, 1.82) is 0 Å². The number of rotatable bonds is 3. The number of nitrogens with one attached hydrogen (secondary N) is 1. The molecule has 3 aromatic rings. The van der Waals surface area contributed by atoms with Gasteiger partial charge in [-0.2, -0.15) is 0 Å². The van der Waals surface area contributed by atoms with Crippen molar-refractivity contribution in [3.05, 3.63) is 40.5 Å². The van der Waals surface area contributed by atoms with Crippen LogP contribution in [-0.2, 0) is 28.6 Å². The number of carbonyl (C=O) groups excluding carboxylic acids is 1. The Labute approximate surface area is 173 Å². The number of piperidine rings is 1. The van der Waals surface area contributed by atoms with Crippen LogP contribution in [0, 0.1) is 12.8 Å². The number of ether oxygens (including phenoxy) is 1. The van der Waals surface area contributed by atoms with Gasteiger partial charge < -0.3 is 14.6 Å². The van der Waals surface area contributed by atoms with Crippen LogP contribution in [0.1, 0.15) is 22.6 Å². The molecule has 5 rings (SSSR count). The van der Waals surface area contributed by atoms with Gasteiger partial charge in [0, 0.05) is 43.8 Å². The highest BCUT2D eigenvalue weighted by Crippen LogP contribution is 2.49. The Morgan fingerprint density at radius 1 is 1.34 bits per heavy atom. The molecule has 8 heteroatoms. The molecular formula is C21H25N5O2S. The van der Waals surface area contributed by atoms with Crippen LogP contribution in [0.3, 0.4) is 0 Å². The highest BCUT2D eigenvalue weighted by molar-refractivity contribution is 7.15. The number of likely N-dealkylation sites (tertiary alicyclic amines) is 1. The predicted octanol–water partition coefficient (Wildman–Crippen LogP) is 2.70. The minimum absolute atomic E-state index is 0.0195. The molecule has 152 valence electrons. The third-order valence-corrected chi connectivity index (χ3v) is 7.34. The zero-order chi connectivity index (χ0) is 20.3. The van der Waals surface area contributed by atoms with E-state index < -0.39 is 5.60 Å². The van der Waals surface area contributed by atoms with Crippen LogP contribution in [0.4, 0.5) is 5.13 Å². The lowest BCUT2D eigenvalue weighted by Crippen LogP contribution is -2.60. The van der Waals surface area contributed by atoms with Crippen molar-refractivity contribution in [2.45, 2.75) is 31.4 Å². The second-order valence-corrected chi connectivity index (χ2v) is 9.42. The molecule has 1 aromatic carbocycles. The highest BCUT2D eigenvalue weighted by Gasteiger charge is 2.53. The molecule has 3 heterocycles. The number of likely N-dealkylation sites (N-methyl/N-ethyl adjacent to an activating group) is 1. The molecule has 1 fully saturated rings. The number of carbonyl (C=O) groups is 1. The fourth-order valence-electron chi connectivity index (χ4n) is 5.32. The molecule has 1 saturated heterocycles. The van der Waals surface area contributed by atoms with E-state index in [1.165, 1.54) is 33.4 Å². The minimum Gasteiger partial charge on any atom is -0.372 e. The molecule has 3 atom stereocenters. The number of anilines is 1. The predicted molar refractivity (Wildman–Crippen MR) is 113 cm³/mol. The summed E-state index contributed by atoms with van der Waals surface area (Å²) in [5.74, 6) is -0.213. The number of aromatic nitrogens is 3. The Morgan fingerprint density at radius 3 is 2.90 bits per heavy atom. The number of hydrogen-bond donors (Lipinski definition) is 1. The monoisotopic (exact) mass is 411 g/mol. The molecule has 2 aliphatic rings. The summed E-state index contributed by atoms with van der Waals surface area (Å²) in [5.41, 5.74) is 3.25. The van der Waals surface area contributed by atoms with Gasteiger partial charge in [-0.1, -0.05) is 23.5 Å². The molecular weight excluding hydrogens is 386 g/mol. The summed E-state index contributed by atoms with van der Waals surface area (Å²) in [6.07, 6.45) is 3.80. The lowest BCUT2D eigenvalue weighted by atomic mass is 9.68. The number of amides is 1. The van der Waals surface area contributed by atoms with Gasteiger partial charge >= 0.3 is 0 Å². The molecule has 1 aliphatic heterocycles. The molecule has 0 bridgehead atoms. The number of aryl methyl sites for hydroxylation is 2. The maximum absolute atomic E-state index is 13.1. The van der Waals surface area contributed by atoms with Crippen molar-refractivity contribution in [3.8, 4) is 0 Å². The van der Waals surface area contributed by atoms with Gasteiger partial charge in [0.25, 0.3) is 0 Å². The first-order valence-electron chi connectivity index (χ1n) is 9.86. The molecule has 1 unspecified atom stereocenters. The summed E-state index contributed by atoms with van der Waals surface area (Å²) >= 11 is 1.40. The van der Waals surface area contributed by atoms with E-state index in [-0.39, 0.29) is 17.9 Å². The largest absolute Gasteiger partial charge is 0.372 e. The lowest BCUT2D eigenvalue weighted by molar-refractivity contribution is -0.143. The standard InChI is InChI=1S/C21H25N5O2S/c1-12-23-24-20(29-12)22-19(27)14-9-21(28-4)15-6-5-7-16-18(15)13(10-25(16)2)8-17(21)26(3)11-14/h5-7,10,14,17H,8-9,11H2,1-4H3,(H,22,24,27)/t14?,17-,21+/m1/s1. The van der Waals surface area contributed by atoms with Gasteiger partial charge in [-0.15, -0.1) is 10.2 Å². The Balaban J connectivity index is 1.55. The van der Waals surface area contributed by atoms with E-state index in [9.17, 15) is 4.79 Å². The fraction of sp³-hybridized carbons (Fsp3) is 0.476. The van der Waals surface area contributed by atoms with Crippen molar-refractivity contribution in [3.63, 3.8) is 0 Å². The quantitative estimate of drug-likeness (QED) is 0.717. The molecule has 1 amide bonds. The van der Waals surface area contributed by atoms with Crippen LogP contribution < -0.4 is 5.32 Å². The van der Waals surface area contributed by atoms with E-state index >= 15 is 0 Å². The summed E-state index contributed by atoms with van der Waals surface area (Å²) in [5, 5.41) is 13.7. The summed E-state index contributed by atoms with van der Waals surface area (Å²) in [7, 11) is 5.97. The fourth-order valence-corrected chi connectivity index (χ4v) is 5.92. The van der Waals surface area contributed by atoms with Crippen molar-refractivity contribution in [1.82, 2.24) is 19.7 Å². The van der Waals surface area contributed by atoms with Crippen molar-refractivity contribution in [2.75, 3.05) is 26.0 Å². The van der Waals surface area contributed by atoms with Crippen LogP contribution in [0.15, 0.2) is 24.4 Å². The van der Waals surface area contributed by atoms with Crippen molar-refractivity contribution >= 4 is 33.3 Å². The summed E-state index contributed by atoms with van der Waals surface area (Å²) < 4.78 is 8.48. The Kier molecular flexibility index (Phi) is 4.27. The molecule has 0 saturated carbocycles. The number of benzene rings is 1. The van der Waals surface area contributed by atoms with Gasteiger partial charge in [0.05, 0.1) is 5.92 Å². The zero-order valence-electron chi connectivity index (χ0n) is 17.1. The van der Waals surface area contributed by atoms with Crippen molar-refractivity contribution < 1.29 is 9.53 Å². The Hall–Kier alpha value is -2.29. The first-order chi connectivity index (χ1) is 13.9. The van der Waals surface area contributed by atoms with Crippen LogP contribution in [0.25, 0.3) is 10.9 Å². The third-order valence-electron chi connectivity index (χ3n) is 6.58. The normalized spacial score (nSPS) is 26.5. The summed E-state index contributed by atoms with van der Waals surface area (Å²) in [6, 6.07) is 6.61. The van der Waals surface area contributed by atoms with Gasteiger partial charge in [-0.05, 0) is 44.0 Å². The zero-order valence-corrected chi connectivity index (χ0v) is 17.9. The summed E-state index contributed by atoms with van der Waals surface area (Å²) in [6.45, 7) is 2.57. The van der Waals surface area contributed by atoms with Gasteiger partial charge in [-0.25, -0.2) is 0 Å². The lowest BCUT2D eigenvalue weighted by Gasteiger charge is -2.52. The maximum atomic E-state index is 13.1. The average Bonchev–Trinajstić information content (AvgIpc) is 3.26. The number of methoxy groups -OCH3 is 1. The second-order valence-electron chi connectivity index (χ2n) is 8.23. The Morgan fingerprint density at radius 2 is 2.17 bits per heavy atom. The average molecular weight is 412 g/mol. The minimum atomic E-state index is -0.514. The smallest absolute Gasteiger partial charge is 0.230 e. The van der Waals surface area contributed by atoms with Gasteiger partial charge in [0.1, 0.15) is 10.6 Å². The molecule has 1 aliphatic carbocycles. The van der Waals surface area contributed by atoms with Crippen LogP contribution in [-0.4, -0.2) is 52.3 Å². The molecule has 1 N–H and O–H groups in total. The van der Waals surface area contributed by atoms with E-state index in [0.717, 1.165) is 11.4 Å². The third kappa shape index (κ3) is 2.73. The van der Waals surface area contributed by atoms with Crippen LogP contribution in [0.2, 0.25) is 0 Å². The van der Waals surface area contributed by atoms with Gasteiger partial charge in [0.15, 0.2) is 0 Å². The first kappa shape index (κ1) is 18.7. The topological polar surface area (TPSA) is 72.3 Å². The van der Waals surface area contributed by atoms with Gasteiger partial charge in [-0.3, -0.25) is 9.69 Å². The van der Waals surface area contributed by atoms with Crippen molar-refractivity contribution in [2.24, 2.45) is 13.0 Å². The summed E-state index contributed by atoms with van der Waals surface area (Å²) in [4.78, 5) is 15.4. The van der Waals surface area contributed by atoms with E-state index in [4.69, 9.17) is 4.74 Å². The highest BCUT2D eigenvalue weighted by atomic mass is 32.1. The molecule has 0 spiro atoms. The SMILES string of the molecule is CO[C@]12CC(C(=O)Nc3nnc(C)s3)CN(C)[C@@H]1Cc1cn(C)c3cccc2c13. The molecule has 29 heavy (non-hydrogen) atoms. The number of nitrogens with zero attached hydrogens (tertiary/aromatic N) is 4. The van der Waals surface area contributed by atoms with E-state index in [1.54, 1.807) is 7.11 Å². The number of hydrogen-bond acceptors (Lipinski definition) is 6. The van der Waals surface area contributed by atoms with E-state index in [2.05, 4.69) is 63.5 Å². The molecule has 2 aromatic heterocycles. The van der Waals surface area contributed by atoms with Crippen LogP contribution in [0.5, 0.6) is 0 Å². The molecule has 0 radical (unpaired) electrons. The Bertz CT molecular complexity index is 1110. The maximum Gasteiger partial charge on any atom is 0.230 e. The number of fused-ring (bicyclic) bond motifs is 2. The molecule has 7 nitrogen and oxygen atoms in total. The second kappa shape index (κ2) is 6.62. The van der Waals surface area contributed by atoms with E-state index in [0.29, 0.717) is 18.1 Å². The van der Waals surface area contributed by atoms with E-state index in [1.807, 2.05) is 6.92 Å². The first-order valence-corrected chi connectivity index (χ1v) is 10.7.